The van der Waals surface area contributed by atoms with Crippen LogP contribution in [-0.4, -0.2) is 23.5 Å². The Kier molecular flexibility index (Phi) is 7.19. The maximum Gasteiger partial charge on any atom is 0.338 e. The molecule has 0 fully saturated rings. The molecule has 3 aromatic rings. The zero-order valence-corrected chi connectivity index (χ0v) is 18.1. The number of thiazole rings is 1. The Morgan fingerprint density at radius 3 is 2.47 bits per heavy atom. The number of rotatable bonds is 8. The summed E-state index contributed by atoms with van der Waals surface area (Å²) in [7, 11) is 0. The highest BCUT2D eigenvalue weighted by Gasteiger charge is 2.20. The first-order chi connectivity index (χ1) is 14.5. The van der Waals surface area contributed by atoms with E-state index in [4.69, 9.17) is 9.47 Å². The van der Waals surface area contributed by atoms with Crippen LogP contribution in [0.1, 0.15) is 42.4 Å². The summed E-state index contributed by atoms with van der Waals surface area (Å²) in [5.74, 6) is 0.144. The first-order valence-electron chi connectivity index (χ1n) is 9.76. The molecule has 0 aliphatic rings. The predicted octanol–water partition coefficient (Wildman–Crippen LogP) is 5.15. The van der Waals surface area contributed by atoms with Gasteiger partial charge in [-0.05, 0) is 49.2 Å². The molecule has 156 valence electrons. The molecule has 0 saturated heterocycles. The molecular formula is C23H24N2O4S. The lowest BCUT2D eigenvalue weighted by Crippen LogP contribution is -2.23. The van der Waals surface area contributed by atoms with Gasteiger partial charge in [0.1, 0.15) is 12.4 Å². The van der Waals surface area contributed by atoms with Crippen molar-refractivity contribution in [2.45, 2.75) is 33.8 Å². The van der Waals surface area contributed by atoms with Crippen LogP contribution in [0.3, 0.4) is 0 Å². The van der Waals surface area contributed by atoms with E-state index in [1.165, 1.54) is 18.3 Å². The molecule has 0 bridgehead atoms. The molecule has 0 aliphatic heterocycles. The molecule has 0 saturated carbocycles. The van der Waals surface area contributed by atoms with Gasteiger partial charge in [0, 0.05) is 12.3 Å². The van der Waals surface area contributed by atoms with Crippen molar-refractivity contribution in [1.29, 1.82) is 0 Å². The summed E-state index contributed by atoms with van der Waals surface area (Å²) in [4.78, 5) is 30.7. The van der Waals surface area contributed by atoms with Crippen LogP contribution in [0.2, 0.25) is 0 Å². The standard InChI is InChI=1S/C23H24N2O4S/c1-4-17-8-6-7-9-21(17)25(16(3)26)23-24-19(15-30-23)14-29-22(27)18-10-12-20(13-11-18)28-5-2/h6-13,15H,4-5,14H2,1-3H3. The van der Waals surface area contributed by atoms with E-state index in [-0.39, 0.29) is 12.5 Å². The van der Waals surface area contributed by atoms with Gasteiger partial charge in [0.15, 0.2) is 5.13 Å². The number of ether oxygens (including phenoxy) is 2. The smallest absolute Gasteiger partial charge is 0.338 e. The monoisotopic (exact) mass is 424 g/mol. The molecule has 3 rings (SSSR count). The quantitative estimate of drug-likeness (QED) is 0.468. The number of hydrogen-bond donors (Lipinski definition) is 0. The zero-order chi connectivity index (χ0) is 21.5. The molecule has 7 heteroatoms. The van der Waals surface area contributed by atoms with Gasteiger partial charge in [0.25, 0.3) is 0 Å². The number of nitrogens with zero attached hydrogens (tertiary/aromatic N) is 2. The SMILES string of the molecule is CCOc1ccc(C(=O)OCc2csc(N(C(C)=O)c3ccccc3CC)n2)cc1. The predicted molar refractivity (Wildman–Crippen MR) is 117 cm³/mol. The van der Waals surface area contributed by atoms with E-state index in [1.807, 2.05) is 38.1 Å². The molecule has 0 atom stereocenters. The average Bonchev–Trinajstić information content (AvgIpc) is 3.21. The number of carbonyl (C=O) groups is 2. The van der Waals surface area contributed by atoms with Crippen molar-refractivity contribution in [1.82, 2.24) is 4.98 Å². The highest BCUT2D eigenvalue weighted by atomic mass is 32.1. The summed E-state index contributed by atoms with van der Waals surface area (Å²) in [5, 5.41) is 2.35. The molecule has 0 N–H and O–H groups in total. The lowest BCUT2D eigenvalue weighted by Gasteiger charge is -2.20. The molecule has 0 unspecified atom stereocenters. The summed E-state index contributed by atoms with van der Waals surface area (Å²) in [5.41, 5.74) is 2.91. The number of benzene rings is 2. The summed E-state index contributed by atoms with van der Waals surface area (Å²) in [6.07, 6.45) is 0.803. The van der Waals surface area contributed by atoms with Crippen molar-refractivity contribution in [3.05, 3.63) is 70.7 Å². The number of esters is 1. The van der Waals surface area contributed by atoms with Crippen LogP contribution in [-0.2, 0) is 22.6 Å². The van der Waals surface area contributed by atoms with E-state index in [2.05, 4.69) is 4.98 Å². The van der Waals surface area contributed by atoms with E-state index in [0.29, 0.717) is 28.7 Å². The maximum absolute atomic E-state index is 12.3. The van der Waals surface area contributed by atoms with Crippen LogP contribution in [0.25, 0.3) is 0 Å². The van der Waals surface area contributed by atoms with Gasteiger partial charge >= 0.3 is 5.97 Å². The molecule has 1 aromatic heterocycles. The molecule has 0 spiro atoms. The Hall–Kier alpha value is -3.19. The minimum Gasteiger partial charge on any atom is -0.494 e. The third kappa shape index (κ3) is 5.04. The Morgan fingerprint density at radius 1 is 1.07 bits per heavy atom. The normalized spacial score (nSPS) is 10.5. The number of hydrogen-bond acceptors (Lipinski definition) is 6. The third-order valence-electron chi connectivity index (χ3n) is 4.41. The maximum atomic E-state index is 12.3. The van der Waals surface area contributed by atoms with Crippen molar-refractivity contribution in [3.8, 4) is 5.75 Å². The van der Waals surface area contributed by atoms with Gasteiger partial charge in [-0.15, -0.1) is 11.3 Å². The number of carbonyl (C=O) groups excluding carboxylic acids is 2. The van der Waals surface area contributed by atoms with Gasteiger partial charge in [-0.1, -0.05) is 25.1 Å². The number of aromatic nitrogens is 1. The van der Waals surface area contributed by atoms with E-state index in [0.717, 1.165) is 17.7 Å². The third-order valence-corrected chi connectivity index (χ3v) is 5.29. The fourth-order valence-corrected chi connectivity index (χ4v) is 3.84. The number of amides is 1. The van der Waals surface area contributed by atoms with Crippen molar-refractivity contribution < 1.29 is 19.1 Å². The van der Waals surface area contributed by atoms with Crippen LogP contribution in [0.4, 0.5) is 10.8 Å². The molecular weight excluding hydrogens is 400 g/mol. The minimum absolute atomic E-state index is 0.0315. The first-order valence-corrected chi connectivity index (χ1v) is 10.6. The number of anilines is 2. The Bertz CT molecular complexity index is 1010. The van der Waals surface area contributed by atoms with E-state index >= 15 is 0 Å². The summed E-state index contributed by atoms with van der Waals surface area (Å²) < 4.78 is 10.8. The van der Waals surface area contributed by atoms with E-state index < -0.39 is 5.97 Å². The number of aryl methyl sites for hydroxylation is 1. The average molecular weight is 425 g/mol. The lowest BCUT2D eigenvalue weighted by molar-refractivity contribution is -0.115. The van der Waals surface area contributed by atoms with Crippen LogP contribution in [0, 0.1) is 0 Å². The van der Waals surface area contributed by atoms with Gasteiger partial charge in [-0.25, -0.2) is 9.78 Å². The van der Waals surface area contributed by atoms with Gasteiger partial charge in [-0.2, -0.15) is 0 Å². The van der Waals surface area contributed by atoms with Gasteiger partial charge in [0.05, 0.1) is 23.6 Å². The molecule has 1 heterocycles. The fourth-order valence-electron chi connectivity index (χ4n) is 2.98. The lowest BCUT2D eigenvalue weighted by atomic mass is 10.1. The fraction of sp³-hybridized carbons (Fsp3) is 0.261. The second-order valence-electron chi connectivity index (χ2n) is 6.49. The molecule has 0 radical (unpaired) electrons. The van der Waals surface area contributed by atoms with Gasteiger partial charge in [-0.3, -0.25) is 9.69 Å². The van der Waals surface area contributed by atoms with Crippen LogP contribution < -0.4 is 9.64 Å². The first kappa shape index (κ1) is 21.5. The summed E-state index contributed by atoms with van der Waals surface area (Å²) in [6.45, 7) is 6.06. The Morgan fingerprint density at radius 2 is 1.80 bits per heavy atom. The van der Waals surface area contributed by atoms with Crippen LogP contribution in [0.15, 0.2) is 53.9 Å². The van der Waals surface area contributed by atoms with Crippen LogP contribution in [0.5, 0.6) is 5.75 Å². The second kappa shape index (κ2) is 10.0. The second-order valence-corrected chi connectivity index (χ2v) is 7.33. The van der Waals surface area contributed by atoms with Crippen molar-refractivity contribution in [2.75, 3.05) is 11.5 Å². The van der Waals surface area contributed by atoms with Crippen molar-refractivity contribution in [3.63, 3.8) is 0 Å². The molecule has 1 amide bonds. The van der Waals surface area contributed by atoms with E-state index in [9.17, 15) is 9.59 Å². The van der Waals surface area contributed by atoms with Gasteiger partial charge < -0.3 is 9.47 Å². The minimum atomic E-state index is -0.438. The van der Waals surface area contributed by atoms with Crippen molar-refractivity contribution in [2.24, 2.45) is 0 Å². The Labute approximate surface area is 180 Å². The summed E-state index contributed by atoms with van der Waals surface area (Å²) >= 11 is 1.34. The van der Waals surface area contributed by atoms with Crippen molar-refractivity contribution >= 4 is 34.0 Å². The van der Waals surface area contributed by atoms with Crippen LogP contribution >= 0.6 is 11.3 Å². The highest BCUT2D eigenvalue weighted by molar-refractivity contribution is 7.14. The molecule has 0 aliphatic carbocycles. The molecule has 30 heavy (non-hydrogen) atoms. The summed E-state index contributed by atoms with van der Waals surface area (Å²) in [6, 6.07) is 14.6. The highest BCUT2D eigenvalue weighted by Crippen LogP contribution is 2.32. The zero-order valence-electron chi connectivity index (χ0n) is 17.3. The number of para-hydroxylation sites is 1. The Balaban J connectivity index is 1.70. The largest absolute Gasteiger partial charge is 0.494 e. The topological polar surface area (TPSA) is 68.7 Å². The molecule has 2 aromatic carbocycles. The van der Waals surface area contributed by atoms with Gasteiger partial charge in [0.2, 0.25) is 5.91 Å². The van der Waals surface area contributed by atoms with E-state index in [1.54, 1.807) is 34.5 Å². The molecule has 6 nitrogen and oxygen atoms in total.